The Bertz CT molecular complexity index is 1160. The zero-order valence-corrected chi connectivity index (χ0v) is 16.5. The topological polar surface area (TPSA) is 74.0 Å². The first kappa shape index (κ1) is 19.7. The summed E-state index contributed by atoms with van der Waals surface area (Å²) in [6.07, 6.45) is 4.89. The Balaban J connectivity index is 1.33. The van der Waals surface area contributed by atoms with E-state index in [9.17, 15) is 9.18 Å². The van der Waals surface area contributed by atoms with Crippen molar-refractivity contribution in [2.24, 2.45) is 0 Å². The molecule has 1 N–H and O–H groups in total. The SMILES string of the molecule is O=C(Nc1cnn(Cc2ccc(F)cc2)c1)c1ccn(COc2cccc(Cl)c2)n1. The summed E-state index contributed by atoms with van der Waals surface area (Å²) >= 11 is 5.93. The highest BCUT2D eigenvalue weighted by molar-refractivity contribution is 6.30. The largest absolute Gasteiger partial charge is 0.471 e. The number of carbonyl (C=O) groups excluding carboxylic acids is 1. The van der Waals surface area contributed by atoms with Gasteiger partial charge in [0.1, 0.15) is 11.6 Å². The van der Waals surface area contributed by atoms with E-state index in [1.807, 2.05) is 0 Å². The second-order valence-electron chi connectivity index (χ2n) is 6.48. The van der Waals surface area contributed by atoms with E-state index in [1.165, 1.54) is 16.8 Å². The summed E-state index contributed by atoms with van der Waals surface area (Å²) in [5.74, 6) is -0.0417. The number of nitrogens with zero attached hydrogens (tertiary/aromatic N) is 4. The number of ether oxygens (including phenoxy) is 1. The van der Waals surface area contributed by atoms with E-state index in [4.69, 9.17) is 16.3 Å². The molecule has 0 fully saturated rings. The summed E-state index contributed by atoms with van der Waals surface area (Å²) in [5, 5.41) is 11.7. The van der Waals surface area contributed by atoms with Gasteiger partial charge in [0, 0.05) is 17.4 Å². The van der Waals surface area contributed by atoms with Crippen molar-refractivity contribution in [3.05, 3.63) is 95.3 Å². The van der Waals surface area contributed by atoms with Crippen molar-refractivity contribution in [3.8, 4) is 5.75 Å². The van der Waals surface area contributed by atoms with E-state index in [1.54, 1.807) is 65.7 Å². The number of hydrogen-bond donors (Lipinski definition) is 1. The van der Waals surface area contributed by atoms with Gasteiger partial charge in [-0.25, -0.2) is 9.07 Å². The molecular formula is C21H17ClFN5O2. The van der Waals surface area contributed by atoms with Crippen LogP contribution in [0.2, 0.25) is 5.02 Å². The van der Waals surface area contributed by atoms with Crippen LogP contribution in [0.15, 0.2) is 73.2 Å². The molecule has 0 spiro atoms. The average molecular weight is 426 g/mol. The highest BCUT2D eigenvalue weighted by Gasteiger charge is 2.11. The molecule has 0 aliphatic carbocycles. The number of anilines is 1. The zero-order chi connectivity index (χ0) is 20.9. The van der Waals surface area contributed by atoms with Crippen molar-refractivity contribution in [1.82, 2.24) is 19.6 Å². The van der Waals surface area contributed by atoms with Gasteiger partial charge < -0.3 is 10.1 Å². The molecule has 0 saturated heterocycles. The molecule has 0 aliphatic rings. The Hall–Kier alpha value is -3.65. The van der Waals surface area contributed by atoms with Gasteiger partial charge in [0.2, 0.25) is 0 Å². The smallest absolute Gasteiger partial charge is 0.276 e. The minimum atomic E-state index is -0.363. The second kappa shape index (κ2) is 8.79. The fourth-order valence-corrected chi connectivity index (χ4v) is 2.92. The number of benzene rings is 2. The van der Waals surface area contributed by atoms with Gasteiger partial charge in [-0.1, -0.05) is 29.8 Å². The summed E-state index contributed by atoms with van der Waals surface area (Å²) < 4.78 is 21.8. The molecule has 0 atom stereocenters. The summed E-state index contributed by atoms with van der Waals surface area (Å²) in [6, 6.07) is 14.8. The third kappa shape index (κ3) is 5.03. The van der Waals surface area contributed by atoms with Gasteiger partial charge in [0.15, 0.2) is 12.4 Å². The quantitative estimate of drug-likeness (QED) is 0.481. The summed E-state index contributed by atoms with van der Waals surface area (Å²) in [7, 11) is 0. The van der Waals surface area contributed by atoms with Gasteiger partial charge in [0.05, 0.1) is 18.4 Å². The van der Waals surface area contributed by atoms with Gasteiger partial charge in [-0.2, -0.15) is 10.2 Å². The third-order valence-electron chi connectivity index (χ3n) is 4.18. The molecule has 0 unspecified atom stereocenters. The van der Waals surface area contributed by atoms with Crippen molar-refractivity contribution < 1.29 is 13.9 Å². The van der Waals surface area contributed by atoms with Crippen LogP contribution in [0.4, 0.5) is 10.1 Å². The molecule has 30 heavy (non-hydrogen) atoms. The Morgan fingerprint density at radius 1 is 1.13 bits per heavy atom. The van der Waals surface area contributed by atoms with Crippen LogP contribution >= 0.6 is 11.6 Å². The molecule has 2 heterocycles. The number of halogens is 2. The van der Waals surface area contributed by atoms with Crippen molar-refractivity contribution in [3.63, 3.8) is 0 Å². The molecule has 4 rings (SSSR count). The first-order chi connectivity index (χ1) is 14.5. The third-order valence-corrected chi connectivity index (χ3v) is 4.42. The molecule has 4 aromatic rings. The van der Waals surface area contributed by atoms with E-state index < -0.39 is 0 Å². The summed E-state index contributed by atoms with van der Waals surface area (Å²) in [5.41, 5.74) is 1.68. The molecule has 2 aromatic heterocycles. The zero-order valence-electron chi connectivity index (χ0n) is 15.7. The molecule has 0 aliphatic heterocycles. The van der Waals surface area contributed by atoms with Crippen LogP contribution < -0.4 is 10.1 Å². The minimum Gasteiger partial charge on any atom is -0.471 e. The van der Waals surface area contributed by atoms with Gasteiger partial charge in [0.25, 0.3) is 5.91 Å². The maximum atomic E-state index is 13.0. The Kier molecular flexibility index (Phi) is 5.76. The molecule has 2 aromatic carbocycles. The molecule has 0 radical (unpaired) electrons. The van der Waals surface area contributed by atoms with Crippen LogP contribution in [0.25, 0.3) is 0 Å². The van der Waals surface area contributed by atoms with Crippen molar-refractivity contribution in [2.45, 2.75) is 13.3 Å². The van der Waals surface area contributed by atoms with Crippen molar-refractivity contribution >= 4 is 23.2 Å². The van der Waals surface area contributed by atoms with E-state index in [0.717, 1.165) is 5.56 Å². The fourth-order valence-electron chi connectivity index (χ4n) is 2.74. The van der Waals surface area contributed by atoms with Crippen LogP contribution in [-0.4, -0.2) is 25.5 Å². The lowest BCUT2D eigenvalue weighted by Gasteiger charge is -2.06. The molecule has 9 heteroatoms. The number of amides is 1. The maximum absolute atomic E-state index is 13.0. The molecule has 0 saturated carbocycles. The van der Waals surface area contributed by atoms with Crippen molar-refractivity contribution in [2.75, 3.05) is 5.32 Å². The number of aromatic nitrogens is 4. The molecule has 7 nitrogen and oxygen atoms in total. The van der Waals surface area contributed by atoms with Crippen LogP contribution in [0.1, 0.15) is 16.1 Å². The van der Waals surface area contributed by atoms with E-state index >= 15 is 0 Å². The highest BCUT2D eigenvalue weighted by Crippen LogP contribution is 2.17. The lowest BCUT2D eigenvalue weighted by Crippen LogP contribution is -2.14. The van der Waals surface area contributed by atoms with Crippen molar-refractivity contribution in [1.29, 1.82) is 0 Å². The number of carbonyl (C=O) groups is 1. The summed E-state index contributed by atoms with van der Waals surface area (Å²) in [4.78, 5) is 12.4. The first-order valence-corrected chi connectivity index (χ1v) is 9.43. The highest BCUT2D eigenvalue weighted by atomic mass is 35.5. The molecule has 152 valence electrons. The van der Waals surface area contributed by atoms with Gasteiger partial charge >= 0.3 is 0 Å². The number of rotatable bonds is 7. The van der Waals surface area contributed by atoms with E-state index in [-0.39, 0.29) is 24.1 Å². The Morgan fingerprint density at radius 3 is 2.77 bits per heavy atom. The first-order valence-electron chi connectivity index (χ1n) is 9.05. The normalized spacial score (nSPS) is 10.7. The lowest BCUT2D eigenvalue weighted by molar-refractivity contribution is 0.102. The van der Waals surface area contributed by atoms with Gasteiger partial charge in [-0.15, -0.1) is 0 Å². The van der Waals surface area contributed by atoms with Crippen LogP contribution in [0, 0.1) is 5.82 Å². The second-order valence-corrected chi connectivity index (χ2v) is 6.91. The maximum Gasteiger partial charge on any atom is 0.276 e. The standard InChI is InChI=1S/C21H17ClFN5O2/c22-16-2-1-3-19(10-16)30-14-27-9-8-20(26-27)21(29)25-18-11-24-28(13-18)12-15-4-6-17(23)7-5-15/h1-11,13H,12,14H2,(H,25,29). The van der Waals surface area contributed by atoms with Gasteiger partial charge in [-0.05, 0) is 42.0 Å². The predicted molar refractivity (Wildman–Crippen MR) is 110 cm³/mol. The molecule has 0 bridgehead atoms. The Morgan fingerprint density at radius 2 is 1.97 bits per heavy atom. The van der Waals surface area contributed by atoms with Crippen LogP contribution in [-0.2, 0) is 13.3 Å². The molecule has 1 amide bonds. The number of nitrogens with one attached hydrogen (secondary N) is 1. The molecular weight excluding hydrogens is 409 g/mol. The lowest BCUT2D eigenvalue weighted by atomic mass is 10.2. The Labute approximate surface area is 176 Å². The van der Waals surface area contributed by atoms with Gasteiger partial charge in [-0.3, -0.25) is 9.48 Å². The van der Waals surface area contributed by atoms with E-state index in [2.05, 4.69) is 15.5 Å². The monoisotopic (exact) mass is 425 g/mol. The predicted octanol–water partition coefficient (Wildman–Crippen LogP) is 4.21. The van der Waals surface area contributed by atoms with Crippen LogP contribution in [0.5, 0.6) is 5.75 Å². The van der Waals surface area contributed by atoms with E-state index in [0.29, 0.717) is 23.0 Å². The minimum absolute atomic E-state index is 0.142. The number of hydrogen-bond acceptors (Lipinski definition) is 4. The van der Waals surface area contributed by atoms with Crippen LogP contribution in [0.3, 0.4) is 0 Å². The average Bonchev–Trinajstić information content (AvgIpc) is 3.38. The fraction of sp³-hybridized carbons (Fsp3) is 0.0952. The summed E-state index contributed by atoms with van der Waals surface area (Å²) in [6.45, 7) is 0.606.